The van der Waals surface area contributed by atoms with Gasteiger partial charge in [-0.05, 0) is 42.7 Å². The van der Waals surface area contributed by atoms with Crippen LogP contribution >= 0.6 is 15.9 Å². The first kappa shape index (κ1) is 19.2. The average Bonchev–Trinajstić information content (AvgIpc) is 2.60. The maximum absolute atomic E-state index is 12.5. The van der Waals surface area contributed by atoms with Crippen molar-refractivity contribution in [2.45, 2.75) is 32.9 Å². The largest absolute Gasteiger partial charge is 0.347 e. The molecule has 0 aliphatic carbocycles. The SMILES string of the molecule is CC(NC(=O)c1ccc(Br)cc1)C(=O)NC(c1ccccc1)C(C)C. The Labute approximate surface area is 157 Å². The summed E-state index contributed by atoms with van der Waals surface area (Å²) in [6.45, 7) is 5.81. The molecule has 0 radical (unpaired) electrons. The van der Waals surface area contributed by atoms with Crippen LogP contribution in [-0.4, -0.2) is 17.9 Å². The quantitative estimate of drug-likeness (QED) is 0.764. The van der Waals surface area contributed by atoms with Gasteiger partial charge in [0.15, 0.2) is 0 Å². The summed E-state index contributed by atoms with van der Waals surface area (Å²) in [5.41, 5.74) is 1.57. The number of rotatable bonds is 6. The summed E-state index contributed by atoms with van der Waals surface area (Å²) in [6, 6.07) is 16.1. The summed E-state index contributed by atoms with van der Waals surface area (Å²) in [4.78, 5) is 24.8. The van der Waals surface area contributed by atoms with Crippen LogP contribution in [0.2, 0.25) is 0 Å². The Hall–Kier alpha value is -2.14. The van der Waals surface area contributed by atoms with E-state index < -0.39 is 6.04 Å². The van der Waals surface area contributed by atoms with Crippen molar-refractivity contribution in [3.8, 4) is 0 Å². The lowest BCUT2D eigenvalue weighted by Gasteiger charge is -2.25. The molecule has 0 aliphatic rings. The molecule has 2 amide bonds. The molecule has 0 aliphatic heterocycles. The van der Waals surface area contributed by atoms with Gasteiger partial charge in [0.2, 0.25) is 5.91 Å². The van der Waals surface area contributed by atoms with E-state index in [0.717, 1.165) is 10.0 Å². The van der Waals surface area contributed by atoms with Gasteiger partial charge in [0.05, 0.1) is 6.04 Å². The molecule has 0 aromatic heterocycles. The highest BCUT2D eigenvalue weighted by atomic mass is 79.9. The zero-order valence-electron chi connectivity index (χ0n) is 14.6. The average molecular weight is 403 g/mol. The number of benzene rings is 2. The second-order valence-electron chi connectivity index (χ2n) is 6.34. The molecule has 132 valence electrons. The van der Waals surface area contributed by atoms with Gasteiger partial charge >= 0.3 is 0 Å². The highest BCUT2D eigenvalue weighted by Crippen LogP contribution is 2.21. The molecular weight excluding hydrogens is 380 g/mol. The number of halogens is 1. The smallest absolute Gasteiger partial charge is 0.251 e. The summed E-state index contributed by atoms with van der Waals surface area (Å²) >= 11 is 3.34. The highest BCUT2D eigenvalue weighted by molar-refractivity contribution is 9.10. The molecule has 2 aromatic carbocycles. The molecule has 2 atom stereocenters. The van der Waals surface area contributed by atoms with E-state index in [2.05, 4.69) is 40.4 Å². The van der Waals surface area contributed by atoms with Crippen LogP contribution in [0.15, 0.2) is 59.1 Å². The lowest BCUT2D eigenvalue weighted by molar-refractivity contribution is -0.123. The van der Waals surface area contributed by atoms with Gasteiger partial charge in [-0.2, -0.15) is 0 Å². The molecular formula is C20H23BrN2O2. The summed E-state index contributed by atoms with van der Waals surface area (Å²) < 4.78 is 0.900. The van der Waals surface area contributed by atoms with Gasteiger partial charge in [0.1, 0.15) is 6.04 Å². The third-order valence-corrected chi connectivity index (χ3v) is 4.50. The van der Waals surface area contributed by atoms with E-state index in [4.69, 9.17) is 0 Å². The first-order valence-electron chi connectivity index (χ1n) is 8.30. The number of nitrogens with one attached hydrogen (secondary N) is 2. The van der Waals surface area contributed by atoms with Crippen LogP contribution in [0.4, 0.5) is 0 Å². The zero-order valence-corrected chi connectivity index (χ0v) is 16.2. The van der Waals surface area contributed by atoms with Gasteiger partial charge in [-0.15, -0.1) is 0 Å². The van der Waals surface area contributed by atoms with Crippen LogP contribution in [0.1, 0.15) is 42.7 Å². The molecule has 0 saturated carbocycles. The fraction of sp³-hybridized carbons (Fsp3) is 0.300. The Kier molecular flexibility index (Phi) is 6.76. The molecule has 5 heteroatoms. The fourth-order valence-electron chi connectivity index (χ4n) is 2.52. The Morgan fingerprint density at radius 1 is 0.880 bits per heavy atom. The summed E-state index contributed by atoms with van der Waals surface area (Å²) in [5, 5.41) is 5.78. The van der Waals surface area contributed by atoms with Crippen molar-refractivity contribution in [2.75, 3.05) is 0 Å². The Balaban J connectivity index is 2.01. The zero-order chi connectivity index (χ0) is 18.4. The van der Waals surface area contributed by atoms with Gasteiger partial charge < -0.3 is 10.6 Å². The van der Waals surface area contributed by atoms with E-state index in [-0.39, 0.29) is 23.8 Å². The highest BCUT2D eigenvalue weighted by Gasteiger charge is 2.22. The molecule has 0 saturated heterocycles. The van der Waals surface area contributed by atoms with Crippen LogP contribution < -0.4 is 10.6 Å². The maximum Gasteiger partial charge on any atom is 0.251 e. The molecule has 0 spiro atoms. The Bertz CT molecular complexity index is 714. The third-order valence-electron chi connectivity index (χ3n) is 3.97. The minimum Gasteiger partial charge on any atom is -0.347 e. The van der Waals surface area contributed by atoms with Gasteiger partial charge in [-0.1, -0.05) is 60.1 Å². The molecule has 4 nitrogen and oxygen atoms in total. The van der Waals surface area contributed by atoms with E-state index in [1.807, 2.05) is 30.3 Å². The van der Waals surface area contributed by atoms with E-state index in [1.54, 1.807) is 31.2 Å². The first-order chi connectivity index (χ1) is 11.9. The van der Waals surface area contributed by atoms with Crippen molar-refractivity contribution in [3.05, 3.63) is 70.2 Å². The number of hydrogen-bond acceptors (Lipinski definition) is 2. The molecule has 0 heterocycles. The van der Waals surface area contributed by atoms with Crippen LogP contribution in [0.25, 0.3) is 0 Å². The molecule has 2 aromatic rings. The van der Waals surface area contributed by atoms with Crippen LogP contribution in [-0.2, 0) is 4.79 Å². The predicted octanol–water partition coefficient (Wildman–Crippen LogP) is 4.08. The third kappa shape index (κ3) is 5.43. The van der Waals surface area contributed by atoms with Crippen LogP contribution in [0, 0.1) is 5.92 Å². The van der Waals surface area contributed by atoms with Crippen molar-refractivity contribution in [1.82, 2.24) is 10.6 Å². The summed E-state index contributed by atoms with van der Waals surface area (Å²) in [7, 11) is 0. The van der Waals surface area contributed by atoms with E-state index in [1.165, 1.54) is 0 Å². The predicted molar refractivity (Wildman–Crippen MR) is 103 cm³/mol. The Morgan fingerprint density at radius 2 is 1.48 bits per heavy atom. The number of hydrogen-bond donors (Lipinski definition) is 2. The topological polar surface area (TPSA) is 58.2 Å². The van der Waals surface area contributed by atoms with Crippen molar-refractivity contribution in [2.24, 2.45) is 5.92 Å². The second kappa shape index (κ2) is 8.81. The van der Waals surface area contributed by atoms with Crippen LogP contribution in [0.5, 0.6) is 0 Å². The lowest BCUT2D eigenvalue weighted by atomic mass is 9.96. The first-order valence-corrected chi connectivity index (χ1v) is 9.09. The second-order valence-corrected chi connectivity index (χ2v) is 7.26. The van der Waals surface area contributed by atoms with Crippen LogP contribution in [0.3, 0.4) is 0 Å². The van der Waals surface area contributed by atoms with Gasteiger partial charge in [-0.25, -0.2) is 0 Å². The monoisotopic (exact) mass is 402 g/mol. The Morgan fingerprint density at radius 3 is 2.04 bits per heavy atom. The van der Waals surface area contributed by atoms with E-state index in [9.17, 15) is 9.59 Å². The molecule has 2 rings (SSSR count). The number of amides is 2. The van der Waals surface area contributed by atoms with Crippen molar-refractivity contribution in [3.63, 3.8) is 0 Å². The van der Waals surface area contributed by atoms with Crippen molar-refractivity contribution >= 4 is 27.7 Å². The summed E-state index contributed by atoms with van der Waals surface area (Å²) in [6.07, 6.45) is 0. The molecule has 0 fully saturated rings. The minimum atomic E-state index is -0.624. The molecule has 0 bridgehead atoms. The normalized spacial score (nSPS) is 13.2. The van der Waals surface area contributed by atoms with Gasteiger partial charge in [0, 0.05) is 10.0 Å². The van der Waals surface area contributed by atoms with Crippen molar-refractivity contribution in [1.29, 1.82) is 0 Å². The molecule has 2 unspecified atom stereocenters. The van der Waals surface area contributed by atoms with E-state index in [0.29, 0.717) is 5.56 Å². The summed E-state index contributed by atoms with van der Waals surface area (Å²) in [5.74, 6) is -0.232. The number of carbonyl (C=O) groups excluding carboxylic acids is 2. The van der Waals surface area contributed by atoms with Gasteiger partial charge in [-0.3, -0.25) is 9.59 Å². The molecule has 25 heavy (non-hydrogen) atoms. The van der Waals surface area contributed by atoms with E-state index >= 15 is 0 Å². The fourth-order valence-corrected chi connectivity index (χ4v) is 2.78. The standard InChI is InChI=1S/C20H23BrN2O2/c1-13(2)18(15-7-5-4-6-8-15)23-19(24)14(3)22-20(25)16-9-11-17(21)12-10-16/h4-14,18H,1-3H3,(H,22,25)(H,23,24). The maximum atomic E-state index is 12.5. The minimum absolute atomic E-state index is 0.0965. The number of carbonyl (C=O) groups is 2. The van der Waals surface area contributed by atoms with Gasteiger partial charge in [0.25, 0.3) is 5.91 Å². The van der Waals surface area contributed by atoms with Crippen molar-refractivity contribution < 1.29 is 9.59 Å². The lowest BCUT2D eigenvalue weighted by Crippen LogP contribution is -2.46. The molecule has 2 N–H and O–H groups in total.